The number of aliphatic imine (C=N–C) groups is 1. The van der Waals surface area contributed by atoms with E-state index in [0.29, 0.717) is 6.54 Å². The Hall–Kier alpha value is -2.10. The van der Waals surface area contributed by atoms with E-state index in [1.165, 1.54) is 0 Å². The van der Waals surface area contributed by atoms with Crippen LogP contribution in [0.3, 0.4) is 0 Å². The Morgan fingerprint density at radius 2 is 2.27 bits per heavy atom. The molecule has 0 saturated heterocycles. The van der Waals surface area contributed by atoms with Crippen molar-refractivity contribution in [3.05, 3.63) is 22.6 Å². The van der Waals surface area contributed by atoms with Crippen molar-refractivity contribution in [1.82, 2.24) is 0 Å². The zero-order valence-corrected chi connectivity index (χ0v) is 7.97. The van der Waals surface area contributed by atoms with E-state index in [2.05, 4.69) is 4.99 Å². The number of nitrogens with two attached hydrogens (primary N) is 1. The molecule has 0 fully saturated rings. The number of benzene rings is 1. The molecule has 2 amide bonds. The first kappa shape index (κ1) is 8.23. The van der Waals surface area contributed by atoms with Crippen LogP contribution in [0.4, 0.5) is 16.2 Å². The van der Waals surface area contributed by atoms with E-state index in [4.69, 9.17) is 5.73 Å². The summed E-state index contributed by atoms with van der Waals surface area (Å²) >= 11 is 0. The van der Waals surface area contributed by atoms with Crippen LogP contribution in [0, 0.1) is 0 Å². The predicted molar refractivity (Wildman–Crippen MR) is 59.7 cm³/mol. The quantitative estimate of drug-likeness (QED) is 0.621. The second-order valence-corrected chi connectivity index (χ2v) is 3.53. The fraction of sp³-hybridized carbons (Fsp3) is 0.0909. The lowest BCUT2D eigenvalue weighted by molar-refractivity contribution is 0.254. The average molecular weight is 199 g/mol. The fourth-order valence-electron chi connectivity index (χ4n) is 2.03. The molecule has 2 aliphatic heterocycles. The van der Waals surface area contributed by atoms with Crippen LogP contribution < -0.4 is 21.1 Å². The molecule has 0 radical (unpaired) electrons. The average Bonchev–Trinajstić information content (AvgIpc) is 2.82. The van der Waals surface area contributed by atoms with Gasteiger partial charge in [-0.05, 0) is 18.2 Å². The monoisotopic (exact) mass is 199 g/mol. The number of anilines is 1. The van der Waals surface area contributed by atoms with Crippen molar-refractivity contribution in [2.24, 2.45) is 10.7 Å². The highest BCUT2D eigenvalue weighted by atomic mass is 16.2. The minimum atomic E-state index is -0.413. The van der Waals surface area contributed by atoms with Gasteiger partial charge in [-0.2, -0.15) is 0 Å². The number of rotatable bonds is 0. The van der Waals surface area contributed by atoms with E-state index in [1.54, 1.807) is 11.1 Å². The fourth-order valence-corrected chi connectivity index (χ4v) is 2.03. The molecule has 0 bridgehead atoms. The summed E-state index contributed by atoms with van der Waals surface area (Å²) in [4.78, 5) is 16.9. The number of primary amides is 1. The maximum absolute atomic E-state index is 11.2. The van der Waals surface area contributed by atoms with E-state index in [0.717, 1.165) is 21.8 Å². The highest BCUT2D eigenvalue weighted by Gasteiger charge is 2.19. The second kappa shape index (κ2) is 2.70. The van der Waals surface area contributed by atoms with Gasteiger partial charge in [0.25, 0.3) is 0 Å². The Labute approximate surface area is 86.0 Å². The third-order valence-electron chi connectivity index (χ3n) is 2.73. The number of carbonyl (C=O) groups is 1. The van der Waals surface area contributed by atoms with Crippen LogP contribution in [0.2, 0.25) is 0 Å². The maximum Gasteiger partial charge on any atom is 0.319 e. The highest BCUT2D eigenvalue weighted by Crippen LogP contribution is 2.16. The van der Waals surface area contributed by atoms with E-state index in [-0.39, 0.29) is 0 Å². The summed E-state index contributed by atoms with van der Waals surface area (Å²) in [6.45, 7) is 0.551. The summed E-state index contributed by atoms with van der Waals surface area (Å²) in [6.07, 6.45) is 5.73. The standard InChI is InChI=1S/C11H9N3O/c12-11(15)14-6-4-8-7-3-5-13-9(7)1-2-10(8)14/h1-5H,6H2,(H2,12,15). The lowest BCUT2D eigenvalue weighted by Gasteiger charge is -2.13. The van der Waals surface area contributed by atoms with Gasteiger partial charge in [0, 0.05) is 23.2 Å². The van der Waals surface area contributed by atoms with Crippen molar-refractivity contribution in [1.29, 1.82) is 0 Å². The Kier molecular flexibility index (Phi) is 1.48. The van der Waals surface area contributed by atoms with Crippen LogP contribution in [0.5, 0.6) is 0 Å². The van der Waals surface area contributed by atoms with E-state index in [9.17, 15) is 4.79 Å². The number of fused-ring (bicyclic) bond motifs is 3. The summed E-state index contributed by atoms with van der Waals surface area (Å²) in [5.74, 6) is 0. The van der Waals surface area contributed by atoms with E-state index >= 15 is 0 Å². The van der Waals surface area contributed by atoms with Crippen LogP contribution in [-0.2, 0) is 0 Å². The first-order valence-electron chi connectivity index (χ1n) is 4.72. The van der Waals surface area contributed by atoms with Gasteiger partial charge in [0.05, 0.1) is 11.4 Å². The molecule has 4 nitrogen and oxygen atoms in total. The van der Waals surface area contributed by atoms with Gasteiger partial charge in [-0.3, -0.25) is 9.89 Å². The van der Waals surface area contributed by atoms with Crippen LogP contribution in [0.15, 0.2) is 17.1 Å². The molecule has 15 heavy (non-hydrogen) atoms. The van der Waals surface area contributed by atoms with Crippen molar-refractivity contribution in [3.8, 4) is 0 Å². The molecule has 2 N–H and O–H groups in total. The lowest BCUT2D eigenvalue weighted by Crippen LogP contribution is -2.36. The van der Waals surface area contributed by atoms with Crippen molar-refractivity contribution >= 4 is 35.8 Å². The summed E-state index contributed by atoms with van der Waals surface area (Å²) in [6, 6.07) is 3.38. The molecule has 1 aromatic carbocycles. The number of hydrogen-bond acceptors (Lipinski definition) is 2. The molecule has 2 heterocycles. The summed E-state index contributed by atoms with van der Waals surface area (Å²) in [5, 5.41) is 2.14. The van der Waals surface area contributed by atoms with Crippen molar-refractivity contribution < 1.29 is 4.79 Å². The Balaban J connectivity index is 2.30. The number of nitrogens with zero attached hydrogens (tertiary/aromatic N) is 2. The number of hydrogen-bond donors (Lipinski definition) is 1. The molecule has 0 spiro atoms. The summed E-state index contributed by atoms with van der Waals surface area (Å²) in [7, 11) is 0. The highest BCUT2D eigenvalue weighted by molar-refractivity contribution is 5.99. The first-order valence-corrected chi connectivity index (χ1v) is 4.72. The topological polar surface area (TPSA) is 58.7 Å². The third kappa shape index (κ3) is 1.01. The molecule has 0 aromatic heterocycles. The number of carbonyl (C=O) groups excluding carboxylic acids is 1. The van der Waals surface area contributed by atoms with Crippen LogP contribution in [0.25, 0.3) is 12.2 Å². The predicted octanol–water partition coefficient (Wildman–Crippen LogP) is -0.138. The van der Waals surface area contributed by atoms with Crippen LogP contribution in [0.1, 0.15) is 0 Å². The van der Waals surface area contributed by atoms with Gasteiger partial charge in [0.2, 0.25) is 0 Å². The molecule has 74 valence electrons. The zero-order chi connectivity index (χ0) is 10.4. The molecule has 0 saturated carbocycles. The minimum absolute atomic E-state index is 0.413. The van der Waals surface area contributed by atoms with Gasteiger partial charge in [-0.1, -0.05) is 6.08 Å². The molecule has 0 unspecified atom stereocenters. The number of amides is 2. The molecular weight excluding hydrogens is 190 g/mol. The molecule has 1 aromatic rings. The van der Waals surface area contributed by atoms with Gasteiger partial charge in [0.1, 0.15) is 0 Å². The lowest BCUT2D eigenvalue weighted by atomic mass is 10.2. The molecule has 2 aliphatic rings. The molecule has 0 aliphatic carbocycles. The van der Waals surface area contributed by atoms with Crippen molar-refractivity contribution in [2.75, 3.05) is 11.4 Å². The molecule has 4 heteroatoms. The second-order valence-electron chi connectivity index (χ2n) is 3.53. The van der Waals surface area contributed by atoms with Gasteiger partial charge in [-0.15, -0.1) is 0 Å². The SMILES string of the molecule is NC(=O)N1CC=c2c1ccc1c2=CC=N1. The Morgan fingerprint density at radius 1 is 1.40 bits per heavy atom. The number of urea groups is 1. The van der Waals surface area contributed by atoms with Gasteiger partial charge in [0.15, 0.2) is 0 Å². The van der Waals surface area contributed by atoms with Gasteiger partial charge in [-0.25, -0.2) is 4.79 Å². The molecular formula is C11H9N3O. The smallest absolute Gasteiger partial charge is 0.319 e. The van der Waals surface area contributed by atoms with Gasteiger partial charge >= 0.3 is 6.03 Å². The summed E-state index contributed by atoms with van der Waals surface area (Å²) in [5.41, 5.74) is 7.12. The van der Waals surface area contributed by atoms with Crippen LogP contribution >= 0.6 is 0 Å². The molecule has 3 rings (SSSR count). The van der Waals surface area contributed by atoms with E-state index in [1.807, 2.05) is 24.3 Å². The zero-order valence-electron chi connectivity index (χ0n) is 7.97. The van der Waals surface area contributed by atoms with Crippen LogP contribution in [-0.4, -0.2) is 18.8 Å². The maximum atomic E-state index is 11.2. The Bertz CT molecular complexity index is 601. The van der Waals surface area contributed by atoms with E-state index < -0.39 is 6.03 Å². The van der Waals surface area contributed by atoms with Gasteiger partial charge < -0.3 is 5.73 Å². The van der Waals surface area contributed by atoms with Crippen molar-refractivity contribution in [3.63, 3.8) is 0 Å². The first-order chi connectivity index (χ1) is 7.27. The largest absolute Gasteiger partial charge is 0.351 e. The Morgan fingerprint density at radius 3 is 3.07 bits per heavy atom. The normalized spacial score (nSPS) is 15.6. The minimum Gasteiger partial charge on any atom is -0.351 e. The van der Waals surface area contributed by atoms with Crippen molar-refractivity contribution in [2.45, 2.75) is 0 Å². The summed E-state index contributed by atoms with van der Waals surface area (Å²) < 4.78 is 0. The third-order valence-corrected chi connectivity index (χ3v) is 2.73. The molecule has 0 atom stereocenters.